The van der Waals surface area contributed by atoms with Crippen molar-refractivity contribution in [2.24, 2.45) is 0 Å². The van der Waals surface area contributed by atoms with E-state index in [1.54, 1.807) is 0 Å². The lowest BCUT2D eigenvalue weighted by Crippen LogP contribution is -2.17. The molecule has 0 amide bonds. The molecular formula is C17H24N2O. The smallest absolute Gasteiger partial charge is 0.119 e. The Kier molecular flexibility index (Phi) is 6.18. The van der Waals surface area contributed by atoms with Gasteiger partial charge < -0.3 is 14.6 Å². The molecule has 0 bridgehead atoms. The summed E-state index contributed by atoms with van der Waals surface area (Å²) >= 11 is 0. The Hall–Kier alpha value is -1.74. The minimum absolute atomic E-state index is 0.754. The minimum Gasteiger partial charge on any atom is -0.494 e. The van der Waals surface area contributed by atoms with Crippen LogP contribution in [0.2, 0.25) is 0 Å². The molecule has 0 radical (unpaired) electrons. The van der Waals surface area contributed by atoms with Crippen LogP contribution in [-0.4, -0.2) is 17.7 Å². The number of nitrogens with one attached hydrogen (secondary N) is 1. The van der Waals surface area contributed by atoms with E-state index in [1.807, 2.05) is 30.3 Å². The van der Waals surface area contributed by atoms with Crippen molar-refractivity contribution in [3.63, 3.8) is 0 Å². The first-order chi connectivity index (χ1) is 9.90. The SMILES string of the molecule is CCCNCc1cccn1CCCOc1ccccc1. The number of ether oxygens (including phenoxy) is 1. The van der Waals surface area contributed by atoms with Gasteiger partial charge in [0.15, 0.2) is 0 Å². The van der Waals surface area contributed by atoms with Crippen LogP contribution in [-0.2, 0) is 13.1 Å². The van der Waals surface area contributed by atoms with Gasteiger partial charge in [-0.15, -0.1) is 0 Å². The lowest BCUT2D eigenvalue weighted by molar-refractivity contribution is 0.301. The van der Waals surface area contributed by atoms with Gasteiger partial charge in [-0.05, 0) is 43.7 Å². The second-order valence-electron chi connectivity index (χ2n) is 4.88. The highest BCUT2D eigenvalue weighted by Crippen LogP contribution is 2.09. The second-order valence-corrected chi connectivity index (χ2v) is 4.88. The van der Waals surface area contributed by atoms with Crippen LogP contribution >= 0.6 is 0 Å². The molecule has 2 aromatic rings. The summed E-state index contributed by atoms with van der Waals surface area (Å²) in [6.07, 6.45) is 4.33. The van der Waals surface area contributed by atoms with E-state index in [0.29, 0.717) is 0 Å². The summed E-state index contributed by atoms with van der Waals surface area (Å²) < 4.78 is 8.02. The van der Waals surface area contributed by atoms with Gasteiger partial charge in [0.1, 0.15) is 5.75 Å². The third-order valence-corrected chi connectivity index (χ3v) is 3.21. The normalized spacial score (nSPS) is 10.7. The third-order valence-electron chi connectivity index (χ3n) is 3.21. The van der Waals surface area contributed by atoms with E-state index < -0.39 is 0 Å². The summed E-state index contributed by atoms with van der Waals surface area (Å²) in [5.74, 6) is 0.949. The molecule has 108 valence electrons. The molecule has 0 aliphatic rings. The highest BCUT2D eigenvalue weighted by atomic mass is 16.5. The minimum atomic E-state index is 0.754. The van der Waals surface area contributed by atoms with E-state index in [-0.39, 0.29) is 0 Å². The van der Waals surface area contributed by atoms with Gasteiger partial charge >= 0.3 is 0 Å². The van der Waals surface area contributed by atoms with Crippen LogP contribution in [0, 0.1) is 0 Å². The number of benzene rings is 1. The van der Waals surface area contributed by atoms with Gasteiger partial charge in [0.2, 0.25) is 0 Å². The van der Waals surface area contributed by atoms with Crippen molar-refractivity contribution in [3.8, 4) is 5.75 Å². The van der Waals surface area contributed by atoms with Crippen LogP contribution in [0.5, 0.6) is 5.75 Å². The number of hydrogen-bond donors (Lipinski definition) is 1. The zero-order valence-corrected chi connectivity index (χ0v) is 12.2. The molecule has 3 nitrogen and oxygen atoms in total. The Labute approximate surface area is 121 Å². The number of aromatic nitrogens is 1. The van der Waals surface area contributed by atoms with Crippen LogP contribution in [0.1, 0.15) is 25.5 Å². The van der Waals surface area contributed by atoms with Crippen molar-refractivity contribution in [2.75, 3.05) is 13.2 Å². The Morgan fingerprint density at radius 3 is 2.75 bits per heavy atom. The molecule has 2 rings (SSSR count). The topological polar surface area (TPSA) is 26.2 Å². The lowest BCUT2D eigenvalue weighted by atomic mass is 10.3. The number of rotatable bonds is 9. The Bertz CT molecular complexity index is 479. The van der Waals surface area contributed by atoms with E-state index in [1.165, 1.54) is 12.1 Å². The van der Waals surface area contributed by atoms with Crippen molar-refractivity contribution in [3.05, 3.63) is 54.4 Å². The molecule has 1 aromatic heterocycles. The highest BCUT2D eigenvalue weighted by Gasteiger charge is 2.00. The van der Waals surface area contributed by atoms with Crippen LogP contribution in [0.25, 0.3) is 0 Å². The fourth-order valence-electron chi connectivity index (χ4n) is 2.16. The maximum Gasteiger partial charge on any atom is 0.119 e. The summed E-state index contributed by atoms with van der Waals surface area (Å²) in [6, 6.07) is 14.3. The van der Waals surface area contributed by atoms with Crippen LogP contribution in [0.15, 0.2) is 48.7 Å². The quantitative estimate of drug-likeness (QED) is 0.708. The predicted octanol–water partition coefficient (Wildman–Crippen LogP) is 3.46. The van der Waals surface area contributed by atoms with Crippen LogP contribution in [0.3, 0.4) is 0 Å². The fourth-order valence-corrected chi connectivity index (χ4v) is 2.16. The Morgan fingerprint density at radius 2 is 1.95 bits per heavy atom. The summed E-state index contributed by atoms with van der Waals surface area (Å²) in [7, 11) is 0. The predicted molar refractivity (Wildman–Crippen MR) is 83.0 cm³/mol. The monoisotopic (exact) mass is 272 g/mol. The van der Waals surface area contributed by atoms with E-state index in [2.05, 4.69) is 35.1 Å². The third kappa shape index (κ3) is 4.74. The standard InChI is InChI=1S/C17H24N2O/c1-2-11-18-15-16-8-6-12-19(16)13-7-14-20-17-9-4-3-5-10-17/h3-6,8-10,12,18H,2,7,11,13-15H2,1H3. The van der Waals surface area contributed by atoms with Crippen molar-refractivity contribution in [1.82, 2.24) is 9.88 Å². The molecule has 0 aliphatic heterocycles. The summed E-state index contributed by atoms with van der Waals surface area (Å²) in [6.45, 7) is 5.96. The number of aryl methyl sites for hydroxylation is 1. The number of hydrogen-bond acceptors (Lipinski definition) is 2. The van der Waals surface area contributed by atoms with Gasteiger partial charge in [-0.2, -0.15) is 0 Å². The van der Waals surface area contributed by atoms with Gasteiger partial charge in [-0.3, -0.25) is 0 Å². The largest absolute Gasteiger partial charge is 0.494 e. The first kappa shape index (κ1) is 14.7. The molecule has 0 saturated heterocycles. The highest BCUT2D eigenvalue weighted by molar-refractivity contribution is 5.20. The van der Waals surface area contributed by atoms with Crippen molar-refractivity contribution < 1.29 is 4.74 Å². The zero-order chi connectivity index (χ0) is 14.0. The molecule has 0 spiro atoms. The summed E-state index contributed by atoms with van der Waals surface area (Å²) in [5.41, 5.74) is 1.35. The zero-order valence-electron chi connectivity index (χ0n) is 12.2. The molecule has 3 heteroatoms. The van der Waals surface area contributed by atoms with Gasteiger partial charge in [-0.25, -0.2) is 0 Å². The van der Waals surface area contributed by atoms with E-state index in [0.717, 1.165) is 38.4 Å². The summed E-state index contributed by atoms with van der Waals surface area (Å²) in [4.78, 5) is 0. The molecule has 20 heavy (non-hydrogen) atoms. The van der Waals surface area contributed by atoms with Crippen molar-refractivity contribution in [2.45, 2.75) is 32.9 Å². The second kappa shape index (κ2) is 8.43. The number of nitrogens with zero attached hydrogens (tertiary/aromatic N) is 1. The van der Waals surface area contributed by atoms with Crippen LogP contribution in [0.4, 0.5) is 0 Å². The number of para-hydroxylation sites is 1. The summed E-state index contributed by atoms with van der Waals surface area (Å²) in [5, 5.41) is 3.44. The van der Waals surface area contributed by atoms with Crippen molar-refractivity contribution >= 4 is 0 Å². The average molecular weight is 272 g/mol. The van der Waals surface area contributed by atoms with E-state index >= 15 is 0 Å². The van der Waals surface area contributed by atoms with Gasteiger partial charge in [0.05, 0.1) is 6.61 Å². The molecule has 0 fully saturated rings. The lowest BCUT2D eigenvalue weighted by Gasteiger charge is -2.11. The van der Waals surface area contributed by atoms with Gasteiger partial charge in [0, 0.05) is 25.0 Å². The molecule has 1 aromatic carbocycles. The maximum absolute atomic E-state index is 5.71. The molecule has 0 unspecified atom stereocenters. The molecule has 0 saturated carbocycles. The van der Waals surface area contributed by atoms with E-state index in [9.17, 15) is 0 Å². The first-order valence-electron chi connectivity index (χ1n) is 7.42. The Morgan fingerprint density at radius 1 is 1.10 bits per heavy atom. The molecule has 1 N–H and O–H groups in total. The van der Waals surface area contributed by atoms with Crippen LogP contribution < -0.4 is 10.1 Å². The van der Waals surface area contributed by atoms with Gasteiger partial charge in [-0.1, -0.05) is 25.1 Å². The van der Waals surface area contributed by atoms with E-state index in [4.69, 9.17) is 4.74 Å². The Balaban J connectivity index is 1.70. The first-order valence-corrected chi connectivity index (χ1v) is 7.42. The molecule has 1 heterocycles. The fraction of sp³-hybridized carbons (Fsp3) is 0.412. The van der Waals surface area contributed by atoms with Gasteiger partial charge in [0.25, 0.3) is 0 Å². The molecule has 0 atom stereocenters. The molecule has 0 aliphatic carbocycles. The maximum atomic E-state index is 5.71. The molecular weight excluding hydrogens is 248 g/mol. The van der Waals surface area contributed by atoms with Crippen molar-refractivity contribution in [1.29, 1.82) is 0 Å². The average Bonchev–Trinajstić information content (AvgIpc) is 2.93.